The summed E-state index contributed by atoms with van der Waals surface area (Å²) in [6.07, 6.45) is 2.20. The lowest BCUT2D eigenvalue weighted by molar-refractivity contribution is 0.626. The van der Waals surface area contributed by atoms with E-state index in [2.05, 4.69) is 51.7 Å². The summed E-state index contributed by atoms with van der Waals surface area (Å²) in [6.45, 7) is 1.80. The molecule has 0 spiro atoms. The number of hydrogen-bond donors (Lipinski definition) is 1. The van der Waals surface area contributed by atoms with Crippen LogP contribution < -0.4 is 5.73 Å². The van der Waals surface area contributed by atoms with Crippen molar-refractivity contribution in [2.24, 2.45) is 5.73 Å². The molecule has 4 heteroatoms. The van der Waals surface area contributed by atoms with Crippen molar-refractivity contribution in [3.63, 3.8) is 0 Å². The van der Waals surface area contributed by atoms with Crippen LogP contribution in [0.2, 0.25) is 0 Å². The van der Waals surface area contributed by atoms with Gasteiger partial charge in [-0.2, -0.15) is 0 Å². The Kier molecular flexibility index (Phi) is 4.35. The van der Waals surface area contributed by atoms with Gasteiger partial charge in [0.05, 0.1) is 21.1 Å². The molecule has 0 fully saturated rings. The molecule has 20 heavy (non-hydrogen) atoms. The fourth-order valence-corrected chi connectivity index (χ4v) is 3.92. The van der Waals surface area contributed by atoms with Crippen molar-refractivity contribution < 1.29 is 0 Å². The van der Waals surface area contributed by atoms with Gasteiger partial charge in [-0.1, -0.05) is 12.1 Å². The summed E-state index contributed by atoms with van der Waals surface area (Å²) in [4.78, 5) is 2.67. The Labute approximate surface area is 127 Å². The van der Waals surface area contributed by atoms with Crippen LogP contribution in [0.15, 0.2) is 47.2 Å². The molecule has 3 rings (SSSR count). The molecule has 0 bridgehead atoms. The van der Waals surface area contributed by atoms with E-state index in [-0.39, 0.29) is 0 Å². The van der Waals surface area contributed by atoms with Crippen molar-refractivity contribution in [1.82, 2.24) is 4.57 Å². The minimum Gasteiger partial charge on any atom is -0.339 e. The summed E-state index contributed by atoms with van der Waals surface area (Å²) in [6, 6.07) is 13.1. The average molecular weight is 302 g/mol. The fourth-order valence-electron chi connectivity index (χ4n) is 2.40. The second kappa shape index (κ2) is 6.39. The van der Waals surface area contributed by atoms with E-state index >= 15 is 0 Å². The third kappa shape index (κ3) is 2.73. The quantitative estimate of drug-likeness (QED) is 0.658. The van der Waals surface area contributed by atoms with E-state index in [0.29, 0.717) is 0 Å². The predicted octanol–water partition coefficient (Wildman–Crippen LogP) is 4.68. The van der Waals surface area contributed by atoms with Gasteiger partial charge < -0.3 is 10.3 Å². The zero-order valence-corrected chi connectivity index (χ0v) is 12.9. The van der Waals surface area contributed by atoms with Crippen LogP contribution in [0, 0.1) is 0 Å². The largest absolute Gasteiger partial charge is 0.339 e. The van der Waals surface area contributed by atoms with Gasteiger partial charge >= 0.3 is 0 Å². The lowest BCUT2D eigenvalue weighted by Gasteiger charge is -2.12. The van der Waals surface area contributed by atoms with Crippen molar-refractivity contribution in [2.75, 3.05) is 6.54 Å². The van der Waals surface area contributed by atoms with E-state index < -0.39 is 0 Å². The molecule has 0 radical (unpaired) electrons. The van der Waals surface area contributed by atoms with Crippen molar-refractivity contribution in [3.8, 4) is 21.1 Å². The number of nitrogens with two attached hydrogens (primary N) is 1. The lowest BCUT2D eigenvalue weighted by Crippen LogP contribution is -2.05. The molecule has 0 atom stereocenters. The highest BCUT2D eigenvalue weighted by Crippen LogP contribution is 2.33. The van der Waals surface area contributed by atoms with E-state index in [0.717, 1.165) is 25.9 Å². The van der Waals surface area contributed by atoms with Crippen molar-refractivity contribution in [1.29, 1.82) is 0 Å². The molecule has 3 aromatic rings. The maximum atomic E-state index is 5.63. The van der Waals surface area contributed by atoms with E-state index in [1.54, 1.807) is 22.7 Å². The Morgan fingerprint density at radius 3 is 1.90 bits per heavy atom. The Hall–Kier alpha value is -1.36. The van der Waals surface area contributed by atoms with E-state index in [9.17, 15) is 0 Å². The number of unbranched alkanes of at least 4 members (excludes halogenated alkanes) is 1. The second-order valence-corrected chi connectivity index (χ2v) is 6.60. The molecular weight excluding hydrogens is 284 g/mol. The third-order valence-electron chi connectivity index (χ3n) is 3.36. The number of nitrogens with zero attached hydrogens (tertiary/aromatic N) is 1. The summed E-state index contributed by atoms with van der Waals surface area (Å²) >= 11 is 3.60. The normalized spacial score (nSPS) is 11.1. The van der Waals surface area contributed by atoms with Crippen LogP contribution >= 0.6 is 22.7 Å². The molecule has 0 unspecified atom stereocenters. The van der Waals surface area contributed by atoms with Crippen molar-refractivity contribution >= 4 is 22.7 Å². The van der Waals surface area contributed by atoms with E-state index in [1.165, 1.54) is 21.1 Å². The fraction of sp³-hybridized carbons (Fsp3) is 0.250. The van der Waals surface area contributed by atoms with Gasteiger partial charge in [-0.05, 0) is 54.4 Å². The van der Waals surface area contributed by atoms with Gasteiger partial charge in [0.1, 0.15) is 0 Å². The third-order valence-corrected chi connectivity index (χ3v) is 5.15. The first-order valence-corrected chi connectivity index (χ1v) is 8.63. The number of rotatable bonds is 6. The summed E-state index contributed by atoms with van der Waals surface area (Å²) in [5.74, 6) is 0. The van der Waals surface area contributed by atoms with E-state index in [4.69, 9.17) is 5.73 Å². The molecule has 0 aromatic carbocycles. The minimum atomic E-state index is 0.768. The molecule has 0 amide bonds. The highest BCUT2D eigenvalue weighted by Gasteiger charge is 2.12. The summed E-state index contributed by atoms with van der Waals surface area (Å²) < 4.78 is 2.44. The van der Waals surface area contributed by atoms with Gasteiger partial charge in [-0.15, -0.1) is 22.7 Å². The molecular formula is C16H18N2S2. The van der Waals surface area contributed by atoms with Crippen LogP contribution in [0.4, 0.5) is 0 Å². The Balaban J connectivity index is 1.98. The van der Waals surface area contributed by atoms with E-state index in [1.807, 2.05) is 0 Å². The first-order chi connectivity index (χ1) is 9.90. The van der Waals surface area contributed by atoms with Gasteiger partial charge in [0.2, 0.25) is 0 Å². The molecule has 3 aromatic heterocycles. The van der Waals surface area contributed by atoms with Crippen molar-refractivity contribution in [2.45, 2.75) is 19.4 Å². The topological polar surface area (TPSA) is 30.9 Å². The Morgan fingerprint density at radius 2 is 1.45 bits per heavy atom. The minimum absolute atomic E-state index is 0.768. The van der Waals surface area contributed by atoms with Gasteiger partial charge in [0.25, 0.3) is 0 Å². The highest BCUT2D eigenvalue weighted by atomic mass is 32.1. The van der Waals surface area contributed by atoms with Gasteiger partial charge in [-0.3, -0.25) is 0 Å². The summed E-state index contributed by atoms with van der Waals surface area (Å²) in [5.41, 5.74) is 8.27. The second-order valence-electron chi connectivity index (χ2n) is 4.71. The maximum absolute atomic E-state index is 5.63. The van der Waals surface area contributed by atoms with Crippen LogP contribution in [-0.4, -0.2) is 11.1 Å². The number of thiophene rings is 2. The van der Waals surface area contributed by atoms with Crippen LogP contribution in [0.3, 0.4) is 0 Å². The first kappa shape index (κ1) is 13.6. The summed E-state index contributed by atoms with van der Waals surface area (Å²) in [7, 11) is 0. The first-order valence-electron chi connectivity index (χ1n) is 6.87. The molecule has 2 nitrogen and oxygen atoms in total. The monoisotopic (exact) mass is 302 g/mol. The molecule has 0 aliphatic rings. The standard InChI is InChI=1S/C16H18N2S2/c17-9-1-2-10-18-13(15-5-3-11-19-15)7-8-14(18)16-6-4-12-20-16/h3-8,11-12H,1-2,9-10,17H2. The smallest absolute Gasteiger partial charge is 0.0586 e. The van der Waals surface area contributed by atoms with Crippen LogP contribution in [0.1, 0.15) is 12.8 Å². The molecule has 0 saturated carbocycles. The molecule has 0 aliphatic heterocycles. The van der Waals surface area contributed by atoms with Crippen LogP contribution in [-0.2, 0) is 6.54 Å². The molecule has 2 N–H and O–H groups in total. The Bertz CT molecular complexity index is 584. The molecule has 0 saturated heterocycles. The lowest BCUT2D eigenvalue weighted by atomic mass is 10.3. The van der Waals surface area contributed by atoms with Gasteiger partial charge in [0, 0.05) is 6.54 Å². The van der Waals surface area contributed by atoms with Crippen LogP contribution in [0.5, 0.6) is 0 Å². The number of hydrogen-bond acceptors (Lipinski definition) is 3. The summed E-state index contributed by atoms with van der Waals surface area (Å²) in [5, 5.41) is 4.27. The zero-order chi connectivity index (χ0) is 13.8. The zero-order valence-electron chi connectivity index (χ0n) is 11.3. The predicted molar refractivity (Wildman–Crippen MR) is 89.3 cm³/mol. The highest BCUT2D eigenvalue weighted by molar-refractivity contribution is 7.14. The molecule has 0 aliphatic carbocycles. The van der Waals surface area contributed by atoms with Crippen molar-refractivity contribution in [3.05, 3.63) is 47.2 Å². The van der Waals surface area contributed by atoms with Crippen LogP contribution in [0.25, 0.3) is 21.1 Å². The molecule has 3 heterocycles. The van der Waals surface area contributed by atoms with Gasteiger partial charge in [0.15, 0.2) is 0 Å². The van der Waals surface area contributed by atoms with Gasteiger partial charge in [-0.25, -0.2) is 0 Å². The number of aromatic nitrogens is 1. The SMILES string of the molecule is NCCCCn1c(-c2cccs2)ccc1-c1cccs1. The average Bonchev–Trinajstić information content (AvgIpc) is 3.19. The maximum Gasteiger partial charge on any atom is 0.0586 e. The Morgan fingerprint density at radius 1 is 0.850 bits per heavy atom. The molecule has 104 valence electrons.